The molecule has 0 fully saturated rings. The van der Waals surface area contributed by atoms with Crippen LogP contribution in [0.15, 0.2) is 60.0 Å². The van der Waals surface area contributed by atoms with Gasteiger partial charge in [0.25, 0.3) is 0 Å². The van der Waals surface area contributed by atoms with E-state index >= 15 is 0 Å². The van der Waals surface area contributed by atoms with Gasteiger partial charge in [-0.3, -0.25) is 0 Å². The molecule has 1 aliphatic rings. The van der Waals surface area contributed by atoms with E-state index in [1.165, 1.54) is 19.3 Å². The fourth-order valence-electron chi connectivity index (χ4n) is 5.11. The smallest absolute Gasteiger partial charge is 0.355 e. The first-order valence-corrected chi connectivity index (χ1v) is 16.0. The van der Waals surface area contributed by atoms with E-state index < -0.39 is 11.9 Å². The number of thiophene rings is 1. The van der Waals surface area contributed by atoms with Gasteiger partial charge in [-0.15, -0.1) is 11.3 Å². The van der Waals surface area contributed by atoms with Crippen LogP contribution in [0.5, 0.6) is 23.0 Å². The Morgan fingerprint density at radius 3 is 2.59 bits per heavy atom. The van der Waals surface area contributed by atoms with E-state index in [0.29, 0.717) is 49.6 Å². The topological polar surface area (TPSA) is 104 Å². The second kappa shape index (κ2) is 14.0. The van der Waals surface area contributed by atoms with Crippen LogP contribution in [0.4, 0.5) is 0 Å². The van der Waals surface area contributed by atoms with Crippen molar-refractivity contribution in [3.8, 4) is 29.1 Å². The standard InChI is InChI=1S/C33H29Cl3N2O5S/c1-3-4-5-6-7-12-41-24-11-8-18(13-26(24)40-2)28-21-10-9-20(16-25(21)43-32(38)22(28)17-37)42-33(39)31-30(36)29-23(35)14-19(34)15-27(29)44-31/h8-11,13-16,28H,3-7,12,38H2,1-2H3. The number of fused-ring (bicyclic) bond motifs is 2. The van der Waals surface area contributed by atoms with Crippen LogP contribution in [-0.2, 0) is 0 Å². The zero-order valence-electron chi connectivity index (χ0n) is 24.0. The van der Waals surface area contributed by atoms with Gasteiger partial charge in [0.15, 0.2) is 11.5 Å². The van der Waals surface area contributed by atoms with E-state index in [2.05, 4.69) is 13.0 Å². The summed E-state index contributed by atoms with van der Waals surface area (Å²) in [5.74, 6) is 0.474. The van der Waals surface area contributed by atoms with E-state index in [4.69, 9.17) is 59.5 Å². The molecule has 228 valence electrons. The summed E-state index contributed by atoms with van der Waals surface area (Å²) in [7, 11) is 1.58. The molecular formula is C33H29Cl3N2O5S. The van der Waals surface area contributed by atoms with Crippen molar-refractivity contribution in [2.45, 2.75) is 44.9 Å². The highest BCUT2D eigenvalue weighted by molar-refractivity contribution is 7.21. The molecule has 7 nitrogen and oxygen atoms in total. The third-order valence-corrected chi connectivity index (χ3v) is 9.39. The minimum atomic E-state index is -0.664. The summed E-state index contributed by atoms with van der Waals surface area (Å²) < 4.78 is 23.8. The monoisotopic (exact) mass is 670 g/mol. The van der Waals surface area contributed by atoms with Crippen molar-refractivity contribution in [2.24, 2.45) is 5.73 Å². The number of hydrogen-bond acceptors (Lipinski definition) is 8. The summed E-state index contributed by atoms with van der Waals surface area (Å²) in [6, 6.07) is 15.9. The molecule has 0 saturated carbocycles. The molecule has 0 spiro atoms. The lowest BCUT2D eigenvalue weighted by Crippen LogP contribution is -2.21. The van der Waals surface area contributed by atoms with E-state index in [-0.39, 0.29) is 27.1 Å². The number of halogens is 3. The first kappa shape index (κ1) is 31.8. The van der Waals surface area contributed by atoms with Gasteiger partial charge in [-0.1, -0.05) is 79.5 Å². The van der Waals surface area contributed by atoms with Crippen molar-refractivity contribution < 1.29 is 23.7 Å². The quantitative estimate of drug-likeness (QED) is 0.0962. The van der Waals surface area contributed by atoms with E-state index in [0.717, 1.165) is 29.7 Å². The molecular weight excluding hydrogens is 643 g/mol. The largest absolute Gasteiger partial charge is 0.493 e. The maximum atomic E-state index is 13.1. The summed E-state index contributed by atoms with van der Waals surface area (Å²) in [5.41, 5.74) is 7.90. The van der Waals surface area contributed by atoms with Crippen molar-refractivity contribution in [3.63, 3.8) is 0 Å². The van der Waals surface area contributed by atoms with E-state index in [1.807, 2.05) is 18.2 Å². The zero-order chi connectivity index (χ0) is 31.4. The molecule has 11 heteroatoms. The molecule has 4 aromatic rings. The van der Waals surface area contributed by atoms with Crippen LogP contribution in [0.1, 0.15) is 65.7 Å². The highest BCUT2D eigenvalue weighted by Crippen LogP contribution is 2.46. The van der Waals surface area contributed by atoms with Crippen LogP contribution < -0.4 is 24.7 Å². The highest BCUT2D eigenvalue weighted by Gasteiger charge is 2.32. The van der Waals surface area contributed by atoms with E-state index in [1.54, 1.807) is 37.4 Å². The van der Waals surface area contributed by atoms with Crippen molar-refractivity contribution in [2.75, 3.05) is 13.7 Å². The number of nitrogens with two attached hydrogens (primary N) is 1. The SMILES string of the molecule is CCCCCCCOc1ccc(C2C(C#N)=C(N)Oc3cc(OC(=O)c4sc5cc(Cl)cc(Cl)c5c4Cl)ccc32)cc1OC. The van der Waals surface area contributed by atoms with Gasteiger partial charge >= 0.3 is 5.97 Å². The molecule has 0 bridgehead atoms. The summed E-state index contributed by atoms with van der Waals surface area (Å²) in [6.45, 7) is 2.77. The maximum absolute atomic E-state index is 13.1. The summed E-state index contributed by atoms with van der Waals surface area (Å²) in [6.07, 6.45) is 5.67. The fraction of sp³-hybridized carbons (Fsp3) is 0.273. The van der Waals surface area contributed by atoms with Gasteiger partial charge in [0.05, 0.1) is 29.7 Å². The predicted octanol–water partition coefficient (Wildman–Crippen LogP) is 9.66. The maximum Gasteiger partial charge on any atom is 0.355 e. The van der Waals surface area contributed by atoms with Gasteiger partial charge in [-0.25, -0.2) is 4.79 Å². The van der Waals surface area contributed by atoms with Crippen LogP contribution in [0, 0.1) is 11.3 Å². The van der Waals surface area contributed by atoms with Crippen molar-refractivity contribution in [3.05, 3.63) is 91.1 Å². The molecule has 1 aliphatic heterocycles. The number of nitriles is 1. The minimum Gasteiger partial charge on any atom is -0.493 e. The number of nitrogens with zero attached hydrogens (tertiary/aromatic N) is 1. The fourth-order valence-corrected chi connectivity index (χ4v) is 7.36. The van der Waals surface area contributed by atoms with E-state index in [9.17, 15) is 10.1 Å². The normalized spacial score (nSPS) is 14.1. The number of rotatable bonds is 11. The Morgan fingerprint density at radius 2 is 1.84 bits per heavy atom. The van der Waals surface area contributed by atoms with Gasteiger partial charge in [0.1, 0.15) is 28.0 Å². The molecule has 3 aromatic carbocycles. The Labute approximate surface area is 274 Å². The molecule has 44 heavy (non-hydrogen) atoms. The second-order valence-electron chi connectivity index (χ2n) is 10.2. The van der Waals surface area contributed by atoms with Gasteiger partial charge in [-0.2, -0.15) is 5.26 Å². The Morgan fingerprint density at radius 1 is 1.05 bits per heavy atom. The number of carbonyl (C=O) groups excluding carboxylic acids is 1. The second-order valence-corrected chi connectivity index (χ2v) is 12.5. The molecule has 0 radical (unpaired) electrons. The Kier molecular flexibility index (Phi) is 10.1. The Bertz CT molecular complexity index is 1800. The van der Waals surface area contributed by atoms with Crippen LogP contribution in [0.2, 0.25) is 15.1 Å². The van der Waals surface area contributed by atoms with Gasteiger partial charge in [0.2, 0.25) is 5.88 Å². The molecule has 1 atom stereocenters. The summed E-state index contributed by atoms with van der Waals surface area (Å²) in [5, 5.41) is 11.5. The first-order valence-electron chi connectivity index (χ1n) is 14.1. The Hall–Kier alpha value is -3.61. The molecule has 1 unspecified atom stereocenters. The molecule has 2 N–H and O–H groups in total. The number of esters is 1. The van der Waals surface area contributed by atoms with Crippen molar-refractivity contribution in [1.29, 1.82) is 5.26 Å². The number of hydrogen-bond donors (Lipinski definition) is 1. The number of allylic oxidation sites excluding steroid dienone is 1. The molecule has 2 heterocycles. The lowest BCUT2D eigenvalue weighted by atomic mass is 9.83. The Balaban J connectivity index is 1.40. The average molecular weight is 672 g/mol. The minimum absolute atomic E-state index is 0.0427. The van der Waals surface area contributed by atoms with Crippen LogP contribution in [0.3, 0.4) is 0 Å². The molecule has 5 rings (SSSR count). The zero-order valence-corrected chi connectivity index (χ0v) is 27.1. The van der Waals surface area contributed by atoms with Crippen molar-refractivity contribution in [1.82, 2.24) is 0 Å². The molecule has 0 aliphatic carbocycles. The predicted molar refractivity (Wildman–Crippen MR) is 175 cm³/mol. The summed E-state index contributed by atoms with van der Waals surface area (Å²) in [4.78, 5) is 13.3. The third-order valence-electron chi connectivity index (χ3n) is 7.26. The first-order chi connectivity index (χ1) is 21.2. The third kappa shape index (κ3) is 6.57. The highest BCUT2D eigenvalue weighted by atomic mass is 35.5. The number of methoxy groups -OCH3 is 1. The van der Waals surface area contributed by atoms with Gasteiger partial charge in [-0.05, 0) is 42.3 Å². The number of ether oxygens (including phenoxy) is 4. The lowest BCUT2D eigenvalue weighted by molar-refractivity contribution is 0.0740. The number of unbranched alkanes of at least 4 members (excludes halogenated alkanes) is 4. The molecule has 0 saturated heterocycles. The average Bonchev–Trinajstić information content (AvgIpc) is 3.34. The van der Waals surface area contributed by atoms with Crippen LogP contribution in [-0.4, -0.2) is 19.7 Å². The number of carbonyl (C=O) groups is 1. The van der Waals surface area contributed by atoms with Crippen molar-refractivity contribution >= 4 is 62.2 Å². The summed E-state index contributed by atoms with van der Waals surface area (Å²) >= 11 is 20.1. The number of benzene rings is 3. The molecule has 1 aromatic heterocycles. The van der Waals surface area contributed by atoms with Crippen LogP contribution >= 0.6 is 46.1 Å². The van der Waals surface area contributed by atoms with Gasteiger partial charge in [0, 0.05) is 26.7 Å². The van der Waals surface area contributed by atoms with Crippen LogP contribution in [0.25, 0.3) is 10.1 Å². The molecule has 0 amide bonds. The lowest BCUT2D eigenvalue weighted by Gasteiger charge is -2.27. The van der Waals surface area contributed by atoms with Gasteiger partial charge < -0.3 is 24.7 Å².